The van der Waals surface area contributed by atoms with Crippen molar-refractivity contribution in [2.75, 3.05) is 0 Å². The van der Waals surface area contributed by atoms with E-state index in [0.29, 0.717) is 6.04 Å². The smallest absolute Gasteiger partial charge is 0.0798 e. The molecular weight excluding hydrogens is 304 g/mol. The van der Waals surface area contributed by atoms with Gasteiger partial charge in [0.25, 0.3) is 0 Å². The molecule has 1 unspecified atom stereocenters. The molecule has 0 aliphatic heterocycles. The molecule has 2 nitrogen and oxygen atoms in total. The summed E-state index contributed by atoms with van der Waals surface area (Å²) in [4.78, 5) is 6.92. The highest BCUT2D eigenvalue weighted by molar-refractivity contribution is 9.10. The van der Waals surface area contributed by atoms with Crippen LogP contribution in [0.2, 0.25) is 0 Å². The second-order valence-electron chi connectivity index (χ2n) is 3.63. The van der Waals surface area contributed by atoms with Gasteiger partial charge < -0.3 is 5.32 Å². The van der Waals surface area contributed by atoms with Crippen LogP contribution in [0.4, 0.5) is 0 Å². The highest BCUT2D eigenvalue weighted by Gasteiger charge is 2.08. The van der Waals surface area contributed by atoms with Gasteiger partial charge >= 0.3 is 0 Å². The molecule has 1 N–H and O–H groups in total. The van der Waals surface area contributed by atoms with Gasteiger partial charge in [-0.05, 0) is 35.8 Å². The number of nitrogens with one attached hydrogen (secondary N) is 1. The Morgan fingerprint density at radius 1 is 1.50 bits per heavy atom. The molecule has 0 spiro atoms. The summed E-state index contributed by atoms with van der Waals surface area (Å²) in [7, 11) is 0. The van der Waals surface area contributed by atoms with E-state index in [-0.39, 0.29) is 0 Å². The average molecular weight is 317 g/mol. The summed E-state index contributed by atoms with van der Waals surface area (Å²) < 4.78 is 1.16. The van der Waals surface area contributed by atoms with Crippen molar-refractivity contribution in [2.24, 2.45) is 0 Å². The van der Waals surface area contributed by atoms with Crippen molar-refractivity contribution >= 4 is 38.6 Å². The van der Waals surface area contributed by atoms with Crippen LogP contribution >= 0.6 is 38.6 Å². The standard InChI is InChI=1S/C11H13BrN2S2/c1-7(10-3-9(12)5-15-10)13-4-11-8(2)14-6-16-11/h3,5-7,13H,4H2,1-2H3. The third-order valence-electron chi connectivity index (χ3n) is 2.43. The maximum atomic E-state index is 4.25. The molecule has 0 radical (unpaired) electrons. The summed E-state index contributed by atoms with van der Waals surface area (Å²) in [6.07, 6.45) is 0. The predicted octanol–water partition coefficient (Wildman–Crippen LogP) is 4.13. The second-order valence-corrected chi connectivity index (χ2v) is 6.43. The van der Waals surface area contributed by atoms with Crippen molar-refractivity contribution < 1.29 is 0 Å². The summed E-state index contributed by atoms with van der Waals surface area (Å²) in [5.41, 5.74) is 3.04. The molecule has 16 heavy (non-hydrogen) atoms. The first-order valence-corrected chi connectivity index (χ1v) is 7.58. The van der Waals surface area contributed by atoms with Crippen molar-refractivity contribution in [1.29, 1.82) is 0 Å². The Bertz CT molecular complexity index is 464. The molecule has 0 aliphatic carbocycles. The van der Waals surface area contributed by atoms with E-state index >= 15 is 0 Å². The molecule has 2 rings (SSSR count). The first-order chi connectivity index (χ1) is 7.66. The molecule has 86 valence electrons. The Labute approximate surface area is 112 Å². The van der Waals surface area contributed by atoms with E-state index < -0.39 is 0 Å². The summed E-state index contributed by atoms with van der Waals surface area (Å²) in [5, 5.41) is 5.63. The fraction of sp³-hybridized carbons (Fsp3) is 0.364. The molecule has 1 atom stereocenters. The van der Waals surface area contributed by atoms with Gasteiger partial charge in [-0.15, -0.1) is 22.7 Å². The van der Waals surface area contributed by atoms with Gasteiger partial charge in [-0.3, -0.25) is 0 Å². The zero-order valence-corrected chi connectivity index (χ0v) is 12.4. The van der Waals surface area contributed by atoms with Crippen LogP contribution in [0.3, 0.4) is 0 Å². The van der Waals surface area contributed by atoms with Gasteiger partial charge in [-0.1, -0.05) is 0 Å². The predicted molar refractivity (Wildman–Crippen MR) is 74.1 cm³/mol. The van der Waals surface area contributed by atoms with Crippen molar-refractivity contribution in [2.45, 2.75) is 26.4 Å². The third kappa shape index (κ3) is 2.91. The molecule has 2 aromatic heterocycles. The van der Waals surface area contributed by atoms with Crippen molar-refractivity contribution in [3.05, 3.63) is 36.9 Å². The second kappa shape index (κ2) is 5.40. The molecule has 5 heteroatoms. The molecule has 0 bridgehead atoms. The molecule has 0 amide bonds. The summed E-state index contributed by atoms with van der Waals surface area (Å²) >= 11 is 6.97. The van der Waals surface area contributed by atoms with Crippen LogP contribution in [-0.2, 0) is 6.54 Å². The van der Waals surface area contributed by atoms with E-state index in [0.717, 1.165) is 16.7 Å². The van der Waals surface area contributed by atoms with E-state index in [4.69, 9.17) is 0 Å². The minimum atomic E-state index is 0.387. The van der Waals surface area contributed by atoms with Crippen molar-refractivity contribution in [3.63, 3.8) is 0 Å². The number of hydrogen-bond acceptors (Lipinski definition) is 4. The Hall–Kier alpha value is -0.230. The molecule has 0 saturated heterocycles. The van der Waals surface area contributed by atoms with Gasteiger partial charge in [0.2, 0.25) is 0 Å². The largest absolute Gasteiger partial charge is 0.304 e. The lowest BCUT2D eigenvalue weighted by Gasteiger charge is -2.11. The highest BCUT2D eigenvalue weighted by atomic mass is 79.9. The maximum absolute atomic E-state index is 4.25. The van der Waals surface area contributed by atoms with Gasteiger partial charge in [0.05, 0.1) is 11.2 Å². The first kappa shape index (κ1) is 12.2. The quantitative estimate of drug-likeness (QED) is 0.917. The molecule has 0 aromatic carbocycles. The van der Waals surface area contributed by atoms with Crippen LogP contribution in [-0.4, -0.2) is 4.98 Å². The van der Waals surface area contributed by atoms with E-state index in [1.807, 2.05) is 5.51 Å². The Balaban J connectivity index is 1.93. The first-order valence-electron chi connectivity index (χ1n) is 5.03. The van der Waals surface area contributed by atoms with Crippen LogP contribution < -0.4 is 5.32 Å². The van der Waals surface area contributed by atoms with Crippen LogP contribution in [0.15, 0.2) is 21.4 Å². The van der Waals surface area contributed by atoms with Gasteiger partial charge in [0.1, 0.15) is 0 Å². The number of halogens is 1. The molecular formula is C11H13BrN2S2. The highest BCUT2D eigenvalue weighted by Crippen LogP contribution is 2.25. The molecule has 0 aliphatic rings. The van der Waals surface area contributed by atoms with Crippen LogP contribution in [0.1, 0.15) is 28.4 Å². The van der Waals surface area contributed by atoms with Gasteiger partial charge in [0, 0.05) is 32.2 Å². The SMILES string of the molecule is Cc1ncsc1CNC(C)c1cc(Br)cs1. The lowest BCUT2D eigenvalue weighted by atomic mass is 10.2. The topological polar surface area (TPSA) is 24.9 Å². The third-order valence-corrected chi connectivity index (χ3v) is 5.24. The fourth-order valence-electron chi connectivity index (χ4n) is 1.40. The Morgan fingerprint density at radius 2 is 2.31 bits per heavy atom. The number of aromatic nitrogens is 1. The average Bonchev–Trinajstić information content (AvgIpc) is 2.84. The number of hydrogen-bond donors (Lipinski definition) is 1. The van der Waals surface area contributed by atoms with E-state index in [2.05, 4.69) is 51.5 Å². The lowest BCUT2D eigenvalue weighted by Crippen LogP contribution is -2.16. The molecule has 2 heterocycles. The zero-order chi connectivity index (χ0) is 11.5. The molecule has 0 saturated carbocycles. The van der Waals surface area contributed by atoms with Crippen LogP contribution in [0.5, 0.6) is 0 Å². The normalized spacial score (nSPS) is 12.9. The number of thiazole rings is 1. The van der Waals surface area contributed by atoms with Gasteiger partial charge in [0.15, 0.2) is 0 Å². The number of nitrogens with zero attached hydrogens (tertiary/aromatic N) is 1. The number of thiophene rings is 1. The minimum absolute atomic E-state index is 0.387. The lowest BCUT2D eigenvalue weighted by molar-refractivity contribution is 0.585. The fourth-order valence-corrected chi connectivity index (χ4v) is 3.60. The van der Waals surface area contributed by atoms with Crippen molar-refractivity contribution in [3.8, 4) is 0 Å². The van der Waals surface area contributed by atoms with Gasteiger partial charge in [-0.25, -0.2) is 4.98 Å². The Kier molecular flexibility index (Phi) is 4.13. The van der Waals surface area contributed by atoms with Crippen LogP contribution in [0.25, 0.3) is 0 Å². The maximum Gasteiger partial charge on any atom is 0.0798 e. The number of rotatable bonds is 4. The van der Waals surface area contributed by atoms with Gasteiger partial charge in [-0.2, -0.15) is 0 Å². The summed E-state index contributed by atoms with van der Waals surface area (Å²) in [6, 6.07) is 2.56. The Morgan fingerprint density at radius 3 is 2.88 bits per heavy atom. The van der Waals surface area contributed by atoms with E-state index in [1.54, 1.807) is 22.7 Å². The zero-order valence-electron chi connectivity index (χ0n) is 9.16. The monoisotopic (exact) mass is 316 g/mol. The van der Waals surface area contributed by atoms with E-state index in [9.17, 15) is 0 Å². The van der Waals surface area contributed by atoms with E-state index in [1.165, 1.54) is 9.75 Å². The summed E-state index contributed by atoms with van der Waals surface area (Å²) in [5.74, 6) is 0. The van der Waals surface area contributed by atoms with Crippen LogP contribution in [0, 0.1) is 6.92 Å². The number of aryl methyl sites for hydroxylation is 1. The summed E-state index contributed by atoms with van der Waals surface area (Å²) in [6.45, 7) is 5.14. The van der Waals surface area contributed by atoms with Crippen molar-refractivity contribution in [1.82, 2.24) is 10.3 Å². The molecule has 0 fully saturated rings. The minimum Gasteiger partial charge on any atom is -0.304 e. The molecule has 2 aromatic rings.